The molecule has 0 amide bonds. The Morgan fingerprint density at radius 2 is 2.00 bits per heavy atom. The second-order valence-corrected chi connectivity index (χ2v) is 8.03. The topological polar surface area (TPSA) is 69.7 Å². The number of esters is 1. The van der Waals surface area contributed by atoms with Gasteiger partial charge in [-0.05, 0) is 48.2 Å². The second kappa shape index (κ2) is 9.30. The third kappa shape index (κ3) is 4.40. The fourth-order valence-electron chi connectivity index (χ4n) is 4.21. The number of aryl methyl sites for hydroxylation is 1. The van der Waals surface area contributed by atoms with Crippen LogP contribution in [-0.4, -0.2) is 31.8 Å². The summed E-state index contributed by atoms with van der Waals surface area (Å²) in [6.07, 6.45) is 2.19. The van der Waals surface area contributed by atoms with Crippen molar-refractivity contribution in [1.29, 1.82) is 0 Å². The van der Waals surface area contributed by atoms with Gasteiger partial charge in [-0.25, -0.2) is 4.98 Å². The van der Waals surface area contributed by atoms with Gasteiger partial charge in [0, 0.05) is 47.6 Å². The molecule has 0 radical (unpaired) electrons. The average Bonchev–Trinajstić information content (AvgIpc) is 3.20. The minimum absolute atomic E-state index is 0.0477. The molecule has 0 aliphatic carbocycles. The summed E-state index contributed by atoms with van der Waals surface area (Å²) < 4.78 is 15.8. The number of benzene rings is 2. The van der Waals surface area contributed by atoms with E-state index in [1.807, 2.05) is 36.5 Å². The summed E-state index contributed by atoms with van der Waals surface area (Å²) in [5.41, 5.74) is 7.96. The summed E-state index contributed by atoms with van der Waals surface area (Å²) in [5, 5.41) is 3.51. The van der Waals surface area contributed by atoms with E-state index >= 15 is 0 Å². The zero-order chi connectivity index (χ0) is 22.7. The number of carbonyl (C=O) groups excluding carboxylic acids is 1. The van der Waals surface area contributed by atoms with Crippen LogP contribution in [0, 0.1) is 13.8 Å². The van der Waals surface area contributed by atoms with Gasteiger partial charge in [-0.1, -0.05) is 18.2 Å². The lowest BCUT2D eigenvalue weighted by atomic mass is 9.93. The van der Waals surface area contributed by atoms with E-state index in [2.05, 4.69) is 36.3 Å². The Hall–Kier alpha value is -3.54. The highest BCUT2D eigenvalue weighted by Crippen LogP contribution is 2.38. The number of anilines is 1. The molecule has 1 N–H and O–H groups in total. The first-order valence-corrected chi connectivity index (χ1v) is 10.7. The van der Waals surface area contributed by atoms with Gasteiger partial charge in [-0.15, -0.1) is 0 Å². The number of ether oxygens (including phenoxy) is 3. The van der Waals surface area contributed by atoms with Crippen LogP contribution < -0.4 is 14.8 Å². The smallest absolute Gasteiger partial charge is 0.306 e. The molecule has 1 unspecified atom stereocenters. The molecule has 0 saturated heterocycles. The van der Waals surface area contributed by atoms with Crippen molar-refractivity contribution in [2.45, 2.75) is 32.7 Å². The molecule has 32 heavy (non-hydrogen) atoms. The van der Waals surface area contributed by atoms with Crippen LogP contribution in [0.5, 0.6) is 11.6 Å². The lowest BCUT2D eigenvalue weighted by Gasteiger charge is -2.16. The van der Waals surface area contributed by atoms with Gasteiger partial charge in [0.05, 0.1) is 27.2 Å². The molecular formula is C26H28N2O4. The SMILES string of the molecule is COC(=O)CC1COc2cc(NCc3ccc(C)c(-c4ccc(OC)nc4)c3C)ccc21. The van der Waals surface area contributed by atoms with Crippen LogP contribution in [0.15, 0.2) is 48.7 Å². The molecule has 166 valence electrons. The lowest BCUT2D eigenvalue weighted by molar-refractivity contribution is -0.141. The highest BCUT2D eigenvalue weighted by Gasteiger charge is 2.27. The number of aromatic nitrogens is 1. The molecule has 1 aliphatic rings. The van der Waals surface area contributed by atoms with Crippen LogP contribution in [-0.2, 0) is 16.1 Å². The predicted octanol–water partition coefficient (Wildman–Crippen LogP) is 5.03. The minimum atomic E-state index is -0.216. The van der Waals surface area contributed by atoms with Crippen LogP contribution in [0.3, 0.4) is 0 Å². The van der Waals surface area contributed by atoms with Gasteiger partial charge in [0.2, 0.25) is 5.88 Å². The normalized spacial score (nSPS) is 14.4. The molecular weight excluding hydrogens is 404 g/mol. The molecule has 2 heterocycles. The third-order valence-electron chi connectivity index (χ3n) is 6.04. The van der Waals surface area contributed by atoms with Crippen molar-refractivity contribution >= 4 is 11.7 Å². The average molecular weight is 433 g/mol. The number of hydrogen-bond donors (Lipinski definition) is 1. The van der Waals surface area contributed by atoms with Gasteiger partial charge >= 0.3 is 5.97 Å². The third-order valence-corrected chi connectivity index (χ3v) is 6.04. The number of pyridine rings is 1. The van der Waals surface area contributed by atoms with E-state index in [1.165, 1.54) is 29.4 Å². The summed E-state index contributed by atoms with van der Waals surface area (Å²) >= 11 is 0. The Morgan fingerprint density at radius 1 is 1.16 bits per heavy atom. The maximum atomic E-state index is 11.6. The number of rotatable bonds is 7. The Bertz CT molecular complexity index is 1130. The molecule has 2 aromatic carbocycles. The molecule has 6 nitrogen and oxygen atoms in total. The molecule has 1 aliphatic heterocycles. The highest BCUT2D eigenvalue weighted by atomic mass is 16.5. The van der Waals surface area contributed by atoms with Crippen molar-refractivity contribution in [2.75, 3.05) is 26.1 Å². The monoisotopic (exact) mass is 432 g/mol. The summed E-state index contributed by atoms with van der Waals surface area (Å²) in [7, 11) is 3.03. The molecule has 0 fully saturated rings. The summed E-state index contributed by atoms with van der Waals surface area (Å²) in [6, 6.07) is 14.3. The van der Waals surface area contributed by atoms with Crippen molar-refractivity contribution in [1.82, 2.24) is 4.98 Å². The highest BCUT2D eigenvalue weighted by molar-refractivity contribution is 5.72. The fraction of sp³-hybridized carbons (Fsp3) is 0.308. The van der Waals surface area contributed by atoms with E-state index in [4.69, 9.17) is 14.2 Å². The first kappa shape index (κ1) is 21.7. The largest absolute Gasteiger partial charge is 0.493 e. The van der Waals surface area contributed by atoms with Gasteiger partial charge in [0.1, 0.15) is 5.75 Å². The zero-order valence-electron chi connectivity index (χ0n) is 18.9. The Labute approximate surface area is 188 Å². The molecule has 0 spiro atoms. The van der Waals surface area contributed by atoms with Crippen molar-refractivity contribution in [3.8, 4) is 22.8 Å². The van der Waals surface area contributed by atoms with E-state index in [0.717, 1.165) is 22.6 Å². The van der Waals surface area contributed by atoms with Gasteiger partial charge < -0.3 is 19.5 Å². The second-order valence-electron chi connectivity index (χ2n) is 8.03. The van der Waals surface area contributed by atoms with Gasteiger partial charge in [-0.3, -0.25) is 4.79 Å². The predicted molar refractivity (Wildman–Crippen MR) is 124 cm³/mol. The first-order valence-electron chi connectivity index (χ1n) is 10.7. The van der Waals surface area contributed by atoms with Crippen LogP contribution >= 0.6 is 0 Å². The molecule has 1 atom stereocenters. The fourth-order valence-corrected chi connectivity index (χ4v) is 4.21. The molecule has 4 rings (SSSR count). The summed E-state index contributed by atoms with van der Waals surface area (Å²) in [5.74, 6) is 1.27. The minimum Gasteiger partial charge on any atom is -0.493 e. The van der Waals surface area contributed by atoms with Crippen LogP contribution in [0.25, 0.3) is 11.1 Å². The quantitative estimate of drug-likeness (QED) is 0.529. The van der Waals surface area contributed by atoms with Crippen molar-refractivity contribution in [3.63, 3.8) is 0 Å². The maximum Gasteiger partial charge on any atom is 0.306 e. The Balaban J connectivity index is 1.50. The van der Waals surface area contributed by atoms with Crippen molar-refractivity contribution in [3.05, 3.63) is 70.9 Å². The van der Waals surface area contributed by atoms with E-state index in [9.17, 15) is 4.79 Å². The number of fused-ring (bicyclic) bond motifs is 1. The number of nitrogens with zero attached hydrogens (tertiary/aromatic N) is 1. The Morgan fingerprint density at radius 3 is 2.72 bits per heavy atom. The van der Waals surface area contributed by atoms with E-state index < -0.39 is 0 Å². The molecule has 0 saturated carbocycles. The first-order chi connectivity index (χ1) is 15.5. The van der Waals surface area contributed by atoms with E-state index in [1.54, 1.807) is 7.11 Å². The molecule has 0 bridgehead atoms. The maximum absolute atomic E-state index is 11.6. The number of carbonyl (C=O) groups is 1. The summed E-state index contributed by atoms with van der Waals surface area (Å²) in [4.78, 5) is 16.0. The number of nitrogens with one attached hydrogen (secondary N) is 1. The zero-order valence-corrected chi connectivity index (χ0v) is 18.9. The van der Waals surface area contributed by atoms with Crippen LogP contribution in [0.4, 0.5) is 5.69 Å². The summed E-state index contributed by atoms with van der Waals surface area (Å²) in [6.45, 7) is 5.45. The lowest BCUT2D eigenvalue weighted by Crippen LogP contribution is -2.09. The van der Waals surface area contributed by atoms with Gasteiger partial charge in [0.25, 0.3) is 0 Å². The van der Waals surface area contributed by atoms with Crippen LogP contribution in [0.2, 0.25) is 0 Å². The van der Waals surface area contributed by atoms with Gasteiger partial charge in [-0.2, -0.15) is 0 Å². The Kier molecular flexibility index (Phi) is 6.30. The van der Waals surface area contributed by atoms with Crippen molar-refractivity contribution < 1.29 is 19.0 Å². The number of methoxy groups -OCH3 is 2. The van der Waals surface area contributed by atoms with Crippen molar-refractivity contribution in [2.24, 2.45) is 0 Å². The van der Waals surface area contributed by atoms with Gasteiger partial charge in [0.15, 0.2) is 0 Å². The van der Waals surface area contributed by atoms with Crippen LogP contribution in [0.1, 0.15) is 34.6 Å². The molecule has 3 aromatic rings. The standard InChI is InChI=1S/C26H28N2O4/c1-16-5-6-18(17(2)26(16)19-7-10-24(30-3)28-14-19)13-27-21-8-9-22-20(11-25(29)31-4)15-32-23(22)12-21/h5-10,12,14,20,27H,11,13,15H2,1-4H3. The molecule has 1 aromatic heterocycles. The number of hydrogen-bond acceptors (Lipinski definition) is 6. The molecule has 6 heteroatoms. The van der Waals surface area contributed by atoms with E-state index in [-0.39, 0.29) is 11.9 Å². The van der Waals surface area contributed by atoms with E-state index in [0.29, 0.717) is 25.5 Å².